The van der Waals surface area contributed by atoms with Gasteiger partial charge in [0.25, 0.3) is 0 Å². The normalized spacial score (nSPS) is 10.9. The lowest BCUT2D eigenvalue weighted by Gasteiger charge is -2.07. The van der Waals surface area contributed by atoms with Crippen LogP contribution in [0.5, 0.6) is 0 Å². The molecule has 2 aromatic heterocycles. The molecule has 1 aromatic carbocycles. The van der Waals surface area contributed by atoms with Gasteiger partial charge in [-0.2, -0.15) is 0 Å². The zero-order valence-corrected chi connectivity index (χ0v) is 11.5. The van der Waals surface area contributed by atoms with Crippen molar-refractivity contribution in [2.75, 3.05) is 6.54 Å². The predicted molar refractivity (Wildman–Crippen MR) is 77.4 cm³/mol. The van der Waals surface area contributed by atoms with Gasteiger partial charge in [0.2, 0.25) is 5.91 Å². The molecule has 0 aliphatic heterocycles. The van der Waals surface area contributed by atoms with Gasteiger partial charge in [-0.25, -0.2) is 4.68 Å². The first kappa shape index (κ1) is 13.3. The zero-order valence-electron chi connectivity index (χ0n) is 11.5. The lowest BCUT2D eigenvalue weighted by molar-refractivity contribution is -0.121. The number of benzene rings is 1. The van der Waals surface area contributed by atoms with Crippen LogP contribution in [0.1, 0.15) is 6.42 Å². The molecule has 3 aromatic rings. The second-order valence-corrected chi connectivity index (χ2v) is 4.78. The maximum Gasteiger partial charge on any atom is 0.241 e. The second kappa shape index (κ2) is 6.17. The summed E-state index contributed by atoms with van der Waals surface area (Å²) in [5.41, 5.74) is 1.22. The summed E-state index contributed by atoms with van der Waals surface area (Å²) in [5, 5.41) is 14.7. The lowest BCUT2D eigenvalue weighted by atomic mass is 10.2. The van der Waals surface area contributed by atoms with E-state index >= 15 is 0 Å². The molecule has 0 unspecified atom stereocenters. The molecule has 0 fully saturated rings. The second-order valence-electron chi connectivity index (χ2n) is 4.78. The van der Waals surface area contributed by atoms with Gasteiger partial charge < -0.3 is 9.88 Å². The smallest absolute Gasteiger partial charge is 0.241 e. The summed E-state index contributed by atoms with van der Waals surface area (Å²) in [6.45, 7) is 1.66. The molecule has 108 valence electrons. The van der Waals surface area contributed by atoms with Gasteiger partial charge in [0.1, 0.15) is 12.9 Å². The standard InChI is InChI=1S/C14H16N6O/c21-14(10-20-11-16-17-18-20)15-7-3-8-19-9-6-12-4-1-2-5-13(12)19/h1-2,4-6,9,11H,3,7-8,10H2,(H,15,21). The third-order valence-corrected chi connectivity index (χ3v) is 3.28. The number of carbonyl (C=O) groups is 1. The van der Waals surface area contributed by atoms with E-state index in [4.69, 9.17) is 0 Å². The van der Waals surface area contributed by atoms with Crippen molar-refractivity contribution < 1.29 is 4.79 Å². The summed E-state index contributed by atoms with van der Waals surface area (Å²) >= 11 is 0. The zero-order chi connectivity index (χ0) is 14.5. The van der Waals surface area contributed by atoms with Crippen LogP contribution in [0.15, 0.2) is 42.9 Å². The number of fused-ring (bicyclic) bond motifs is 1. The Kier molecular flexibility index (Phi) is 3.90. The molecule has 1 N–H and O–H groups in total. The fourth-order valence-corrected chi connectivity index (χ4v) is 2.27. The largest absolute Gasteiger partial charge is 0.354 e. The number of aryl methyl sites for hydroxylation is 1. The summed E-state index contributed by atoms with van der Waals surface area (Å²) in [6, 6.07) is 10.4. The number of rotatable bonds is 6. The van der Waals surface area contributed by atoms with E-state index in [0.29, 0.717) is 6.54 Å². The Balaban J connectivity index is 1.45. The van der Waals surface area contributed by atoms with Crippen molar-refractivity contribution in [2.24, 2.45) is 0 Å². The molecule has 21 heavy (non-hydrogen) atoms. The molecular weight excluding hydrogens is 268 g/mol. The number of tetrazole rings is 1. The monoisotopic (exact) mass is 284 g/mol. The minimum absolute atomic E-state index is 0.0836. The highest BCUT2D eigenvalue weighted by atomic mass is 16.2. The number of hydrogen-bond donors (Lipinski definition) is 1. The molecule has 1 amide bonds. The van der Waals surface area contributed by atoms with Crippen LogP contribution >= 0.6 is 0 Å². The Morgan fingerprint density at radius 3 is 3.00 bits per heavy atom. The van der Waals surface area contributed by atoms with Gasteiger partial charge in [-0.15, -0.1) is 5.10 Å². The first-order valence-electron chi connectivity index (χ1n) is 6.84. The average molecular weight is 284 g/mol. The number of nitrogens with zero attached hydrogens (tertiary/aromatic N) is 5. The van der Waals surface area contributed by atoms with Gasteiger partial charge in [0, 0.05) is 24.8 Å². The molecule has 0 spiro atoms. The lowest BCUT2D eigenvalue weighted by Crippen LogP contribution is -2.29. The van der Waals surface area contributed by atoms with Crippen LogP contribution in [0.3, 0.4) is 0 Å². The first-order valence-corrected chi connectivity index (χ1v) is 6.84. The SMILES string of the molecule is O=C(Cn1cnnn1)NCCCn1ccc2ccccc21. The van der Waals surface area contributed by atoms with E-state index in [0.717, 1.165) is 13.0 Å². The summed E-state index contributed by atoms with van der Waals surface area (Å²) in [7, 11) is 0. The van der Waals surface area contributed by atoms with E-state index in [9.17, 15) is 4.79 Å². The van der Waals surface area contributed by atoms with Crippen molar-refractivity contribution in [3.63, 3.8) is 0 Å². The maximum absolute atomic E-state index is 11.6. The maximum atomic E-state index is 11.6. The number of hydrogen-bond acceptors (Lipinski definition) is 4. The van der Waals surface area contributed by atoms with Gasteiger partial charge >= 0.3 is 0 Å². The number of aromatic nitrogens is 5. The molecule has 0 atom stereocenters. The number of amides is 1. The van der Waals surface area contributed by atoms with Crippen LogP contribution in [0, 0.1) is 0 Å². The summed E-state index contributed by atoms with van der Waals surface area (Å²) in [6.07, 6.45) is 4.37. The van der Waals surface area contributed by atoms with E-state index in [-0.39, 0.29) is 12.5 Å². The van der Waals surface area contributed by atoms with Gasteiger partial charge in [-0.3, -0.25) is 4.79 Å². The van der Waals surface area contributed by atoms with E-state index < -0.39 is 0 Å². The Hall–Kier alpha value is -2.70. The molecule has 7 nitrogen and oxygen atoms in total. The van der Waals surface area contributed by atoms with E-state index in [2.05, 4.69) is 49.8 Å². The quantitative estimate of drug-likeness (QED) is 0.680. The van der Waals surface area contributed by atoms with Crippen molar-refractivity contribution in [1.29, 1.82) is 0 Å². The van der Waals surface area contributed by atoms with Crippen molar-refractivity contribution in [3.05, 3.63) is 42.9 Å². The number of para-hydroxylation sites is 1. The average Bonchev–Trinajstić information content (AvgIpc) is 3.13. The highest BCUT2D eigenvalue weighted by molar-refractivity contribution is 5.79. The van der Waals surface area contributed by atoms with Crippen LogP contribution < -0.4 is 5.32 Å². The number of nitrogens with one attached hydrogen (secondary N) is 1. The van der Waals surface area contributed by atoms with Crippen LogP contribution in [0.4, 0.5) is 0 Å². The first-order chi connectivity index (χ1) is 10.3. The summed E-state index contributed by atoms with van der Waals surface area (Å²) in [5.74, 6) is -0.0836. The van der Waals surface area contributed by atoms with E-state index in [1.54, 1.807) is 0 Å². The van der Waals surface area contributed by atoms with Crippen LogP contribution in [0.25, 0.3) is 10.9 Å². The fourth-order valence-electron chi connectivity index (χ4n) is 2.27. The molecule has 2 heterocycles. The van der Waals surface area contributed by atoms with E-state index in [1.165, 1.54) is 21.9 Å². The molecule has 0 aliphatic carbocycles. The molecule has 0 bridgehead atoms. The third kappa shape index (κ3) is 3.25. The van der Waals surface area contributed by atoms with Crippen molar-refractivity contribution >= 4 is 16.8 Å². The molecule has 0 saturated heterocycles. The molecule has 0 saturated carbocycles. The minimum Gasteiger partial charge on any atom is -0.354 e. The van der Waals surface area contributed by atoms with Crippen LogP contribution in [0.2, 0.25) is 0 Å². The van der Waals surface area contributed by atoms with Gasteiger partial charge in [-0.05, 0) is 34.4 Å². The van der Waals surface area contributed by atoms with Gasteiger partial charge in [0.15, 0.2) is 0 Å². The van der Waals surface area contributed by atoms with Crippen molar-refractivity contribution in [2.45, 2.75) is 19.5 Å². The minimum atomic E-state index is -0.0836. The highest BCUT2D eigenvalue weighted by Crippen LogP contribution is 2.15. The Morgan fingerprint density at radius 1 is 1.24 bits per heavy atom. The van der Waals surface area contributed by atoms with Crippen molar-refractivity contribution in [1.82, 2.24) is 30.1 Å². The van der Waals surface area contributed by atoms with Crippen LogP contribution in [-0.4, -0.2) is 37.2 Å². The fraction of sp³-hybridized carbons (Fsp3) is 0.286. The van der Waals surface area contributed by atoms with E-state index in [1.807, 2.05) is 12.1 Å². The highest BCUT2D eigenvalue weighted by Gasteiger charge is 2.03. The van der Waals surface area contributed by atoms with Gasteiger partial charge in [-0.1, -0.05) is 18.2 Å². The Labute approximate surface area is 121 Å². The molecule has 7 heteroatoms. The third-order valence-electron chi connectivity index (χ3n) is 3.28. The molecule has 0 aliphatic rings. The predicted octanol–water partition coefficient (Wildman–Crippen LogP) is 0.834. The molecule has 3 rings (SSSR count). The topological polar surface area (TPSA) is 77.6 Å². The Morgan fingerprint density at radius 2 is 2.14 bits per heavy atom. The van der Waals surface area contributed by atoms with Gasteiger partial charge in [0.05, 0.1) is 0 Å². The summed E-state index contributed by atoms with van der Waals surface area (Å²) < 4.78 is 3.59. The molecular formula is C14H16N6O. The Bertz CT molecular complexity index is 718. The van der Waals surface area contributed by atoms with Crippen LogP contribution in [-0.2, 0) is 17.9 Å². The molecule has 0 radical (unpaired) electrons. The summed E-state index contributed by atoms with van der Waals surface area (Å²) in [4.78, 5) is 11.6. The van der Waals surface area contributed by atoms with Crippen molar-refractivity contribution in [3.8, 4) is 0 Å². The number of carbonyl (C=O) groups excluding carboxylic acids is 1.